The normalized spacial score (nSPS) is 10.8. The lowest BCUT2D eigenvalue weighted by Crippen LogP contribution is -2.12. The van der Waals surface area contributed by atoms with Crippen molar-refractivity contribution in [1.29, 1.82) is 0 Å². The van der Waals surface area contributed by atoms with E-state index in [1.54, 1.807) is 0 Å². The van der Waals surface area contributed by atoms with E-state index in [-0.39, 0.29) is 51.7 Å². The molecule has 27 heavy (non-hydrogen) atoms. The molecule has 3 N–H and O–H groups in total. The second kappa shape index (κ2) is 7.94. The molecule has 3 rings (SSSR count). The molecule has 0 saturated carbocycles. The molecule has 0 unspecified atom stereocenters. The lowest BCUT2D eigenvalue weighted by Gasteiger charge is -2.08. The van der Waals surface area contributed by atoms with Gasteiger partial charge in [-0.15, -0.1) is 0 Å². The smallest absolute Gasteiger partial charge is 0.224 e. The maximum absolute atomic E-state index is 13.8. The Labute approximate surface area is 163 Å². The van der Waals surface area contributed by atoms with Crippen LogP contribution in [0.25, 0.3) is 11.3 Å². The monoisotopic (exact) mass is 411 g/mol. The van der Waals surface area contributed by atoms with E-state index in [0.29, 0.717) is 5.69 Å². The third kappa shape index (κ3) is 4.37. The number of nitrogen functional groups attached to an aromatic ring is 1. The first-order chi connectivity index (χ1) is 12.8. The Hall–Kier alpha value is -2.64. The highest BCUT2D eigenvalue weighted by molar-refractivity contribution is 6.39. The molecule has 1 heterocycles. The molecule has 0 saturated heterocycles. The Morgan fingerprint density at radius 2 is 1.81 bits per heavy atom. The zero-order chi connectivity index (χ0) is 19.6. The number of halogens is 4. The molecular formula is C18H13Cl2F2N3O2. The van der Waals surface area contributed by atoms with Gasteiger partial charge in [-0.25, -0.2) is 13.8 Å². The fourth-order valence-electron chi connectivity index (χ4n) is 2.38. The van der Waals surface area contributed by atoms with Crippen molar-refractivity contribution in [3.8, 4) is 11.3 Å². The van der Waals surface area contributed by atoms with Crippen LogP contribution in [0, 0.1) is 11.6 Å². The topological polar surface area (TPSA) is 81.1 Å². The summed E-state index contributed by atoms with van der Waals surface area (Å²) in [5.74, 6) is -1.72. The zero-order valence-corrected chi connectivity index (χ0v) is 15.2. The largest absolute Gasteiger partial charge is 0.441 e. The molecule has 3 aromatic rings. The van der Waals surface area contributed by atoms with Crippen LogP contribution in [-0.2, 0) is 11.2 Å². The van der Waals surface area contributed by atoms with E-state index in [2.05, 4.69) is 10.3 Å². The molecule has 0 aliphatic heterocycles. The van der Waals surface area contributed by atoms with Crippen LogP contribution in [0.15, 0.2) is 40.9 Å². The molecule has 0 radical (unpaired) electrons. The second-order valence-electron chi connectivity index (χ2n) is 5.62. The zero-order valence-electron chi connectivity index (χ0n) is 13.7. The van der Waals surface area contributed by atoms with Crippen molar-refractivity contribution in [2.24, 2.45) is 0 Å². The number of aryl methyl sites for hydroxylation is 1. The summed E-state index contributed by atoms with van der Waals surface area (Å²) < 4.78 is 32.9. The average Bonchev–Trinajstić information content (AvgIpc) is 3.06. The molecule has 0 atom stereocenters. The number of benzene rings is 2. The fraction of sp³-hybridized carbons (Fsp3) is 0.111. The molecule has 0 fully saturated rings. The Bertz CT molecular complexity index is 965. The molecule has 2 aromatic carbocycles. The van der Waals surface area contributed by atoms with Crippen LogP contribution in [-0.4, -0.2) is 10.9 Å². The van der Waals surface area contributed by atoms with Crippen LogP contribution >= 0.6 is 23.2 Å². The molecule has 0 bridgehead atoms. The summed E-state index contributed by atoms with van der Waals surface area (Å²) >= 11 is 11.8. The number of rotatable bonds is 5. The predicted molar refractivity (Wildman–Crippen MR) is 99.7 cm³/mol. The number of aromatic nitrogens is 1. The summed E-state index contributed by atoms with van der Waals surface area (Å²) in [4.78, 5) is 16.0. The van der Waals surface area contributed by atoms with Crippen LogP contribution < -0.4 is 11.1 Å². The van der Waals surface area contributed by atoms with Crippen molar-refractivity contribution in [1.82, 2.24) is 4.98 Å². The van der Waals surface area contributed by atoms with Crippen molar-refractivity contribution in [3.63, 3.8) is 0 Å². The lowest BCUT2D eigenvalue weighted by atomic mass is 10.1. The minimum Gasteiger partial charge on any atom is -0.441 e. The van der Waals surface area contributed by atoms with Gasteiger partial charge in [-0.2, -0.15) is 0 Å². The van der Waals surface area contributed by atoms with Crippen molar-refractivity contribution >= 4 is 40.5 Å². The summed E-state index contributed by atoms with van der Waals surface area (Å²) in [6.45, 7) is 0. The molecule has 0 aliphatic rings. The number of carbonyl (C=O) groups excluding carboxylic acids is 1. The average molecular weight is 412 g/mol. The van der Waals surface area contributed by atoms with Crippen LogP contribution in [0.4, 0.5) is 20.2 Å². The van der Waals surface area contributed by atoms with Crippen molar-refractivity contribution < 1.29 is 18.0 Å². The number of hydrogen-bond acceptors (Lipinski definition) is 4. The Morgan fingerprint density at radius 3 is 2.44 bits per heavy atom. The molecule has 140 valence electrons. The van der Waals surface area contributed by atoms with E-state index in [1.807, 2.05) is 0 Å². The van der Waals surface area contributed by atoms with E-state index in [4.69, 9.17) is 33.4 Å². The maximum Gasteiger partial charge on any atom is 0.224 e. The Balaban J connectivity index is 1.64. The maximum atomic E-state index is 13.8. The van der Waals surface area contributed by atoms with Gasteiger partial charge in [0.15, 0.2) is 11.7 Å². The van der Waals surface area contributed by atoms with Gasteiger partial charge < -0.3 is 15.5 Å². The van der Waals surface area contributed by atoms with Crippen LogP contribution in [0.2, 0.25) is 10.0 Å². The molecule has 0 spiro atoms. The number of nitrogens with one attached hydrogen (secondary N) is 1. The van der Waals surface area contributed by atoms with E-state index in [9.17, 15) is 13.6 Å². The summed E-state index contributed by atoms with van der Waals surface area (Å²) in [7, 11) is 0. The van der Waals surface area contributed by atoms with Gasteiger partial charge in [0, 0.05) is 18.5 Å². The molecule has 1 amide bonds. The second-order valence-corrected chi connectivity index (χ2v) is 6.43. The number of nitrogens with zero attached hydrogens (tertiary/aromatic N) is 1. The minimum absolute atomic E-state index is 0.0271. The van der Waals surface area contributed by atoms with Crippen LogP contribution in [0.3, 0.4) is 0 Å². The first-order valence-corrected chi connectivity index (χ1v) is 8.54. The van der Waals surface area contributed by atoms with Gasteiger partial charge in [-0.05, 0) is 24.3 Å². The van der Waals surface area contributed by atoms with Gasteiger partial charge in [0.1, 0.15) is 11.6 Å². The van der Waals surface area contributed by atoms with Gasteiger partial charge >= 0.3 is 0 Å². The number of nitrogens with two attached hydrogens (primary N) is 1. The van der Waals surface area contributed by atoms with E-state index >= 15 is 0 Å². The summed E-state index contributed by atoms with van der Waals surface area (Å²) in [6, 6.07) is 6.45. The standard InChI is InChI=1S/C18H13Cl2F2N3O2/c19-10-6-9(7-11(20)18(10)23)25-15(26)4-5-16-24-8-14(27-16)17-12(21)2-1-3-13(17)22/h1-3,6-8H,4-5,23H2,(H,25,26). The number of hydrogen-bond donors (Lipinski definition) is 2. The summed E-state index contributed by atoms with van der Waals surface area (Å²) in [6.07, 6.45) is 1.38. The Morgan fingerprint density at radius 1 is 1.19 bits per heavy atom. The number of anilines is 2. The van der Waals surface area contributed by atoms with E-state index in [1.165, 1.54) is 24.4 Å². The third-order valence-corrected chi connectivity index (χ3v) is 4.32. The molecule has 1 aromatic heterocycles. The molecule has 0 aliphatic carbocycles. The van der Waals surface area contributed by atoms with Gasteiger partial charge in [0.05, 0.1) is 27.5 Å². The number of oxazole rings is 1. The van der Waals surface area contributed by atoms with E-state index < -0.39 is 11.6 Å². The number of amides is 1. The fourth-order valence-corrected chi connectivity index (χ4v) is 2.86. The molecule has 9 heteroatoms. The van der Waals surface area contributed by atoms with Crippen molar-refractivity contribution in [2.75, 3.05) is 11.1 Å². The third-order valence-electron chi connectivity index (χ3n) is 3.69. The highest BCUT2D eigenvalue weighted by atomic mass is 35.5. The lowest BCUT2D eigenvalue weighted by molar-refractivity contribution is -0.116. The van der Waals surface area contributed by atoms with Crippen molar-refractivity contribution in [2.45, 2.75) is 12.8 Å². The Kier molecular flexibility index (Phi) is 5.62. The minimum atomic E-state index is -0.757. The quantitative estimate of drug-likeness (QED) is 0.573. The number of carbonyl (C=O) groups is 1. The summed E-state index contributed by atoms with van der Waals surface area (Å²) in [5, 5.41) is 3.07. The highest BCUT2D eigenvalue weighted by Gasteiger charge is 2.16. The van der Waals surface area contributed by atoms with E-state index in [0.717, 1.165) is 12.1 Å². The van der Waals surface area contributed by atoms with Crippen LogP contribution in [0.5, 0.6) is 0 Å². The van der Waals surface area contributed by atoms with Gasteiger partial charge in [0.25, 0.3) is 0 Å². The summed E-state index contributed by atoms with van der Waals surface area (Å²) in [5.41, 5.74) is 5.96. The molecular weight excluding hydrogens is 399 g/mol. The van der Waals surface area contributed by atoms with Crippen LogP contribution in [0.1, 0.15) is 12.3 Å². The first kappa shape index (κ1) is 19.1. The SMILES string of the molecule is Nc1c(Cl)cc(NC(=O)CCc2ncc(-c3c(F)cccc3F)o2)cc1Cl. The predicted octanol–water partition coefficient (Wildman–Crippen LogP) is 5.08. The van der Waals surface area contributed by atoms with Crippen molar-refractivity contribution in [3.05, 3.63) is 64.1 Å². The van der Waals surface area contributed by atoms with Gasteiger partial charge in [-0.3, -0.25) is 4.79 Å². The highest BCUT2D eigenvalue weighted by Crippen LogP contribution is 2.31. The van der Waals surface area contributed by atoms with Gasteiger partial charge in [0.2, 0.25) is 5.91 Å². The first-order valence-electron chi connectivity index (χ1n) is 7.78. The molecule has 5 nitrogen and oxygen atoms in total. The van der Waals surface area contributed by atoms with Gasteiger partial charge in [-0.1, -0.05) is 29.3 Å².